The van der Waals surface area contributed by atoms with Gasteiger partial charge in [-0.25, -0.2) is 0 Å². The van der Waals surface area contributed by atoms with Crippen LogP contribution in [0.2, 0.25) is 0 Å². The third kappa shape index (κ3) is 2.54. The van der Waals surface area contributed by atoms with Crippen molar-refractivity contribution >= 4 is 16.8 Å². The van der Waals surface area contributed by atoms with E-state index in [9.17, 15) is 9.59 Å². The van der Waals surface area contributed by atoms with Crippen LogP contribution in [0, 0.1) is 27.7 Å². The summed E-state index contributed by atoms with van der Waals surface area (Å²) in [6.07, 6.45) is 1.53. The maximum atomic E-state index is 11.8. The fraction of sp³-hybridized carbons (Fsp3) is 0.250. The Morgan fingerprint density at radius 1 is 1.05 bits per heavy atom. The van der Waals surface area contributed by atoms with E-state index in [1.54, 1.807) is 0 Å². The number of benzene rings is 1. The molecule has 0 fully saturated rings. The second-order valence-corrected chi connectivity index (χ2v) is 5.43. The van der Waals surface area contributed by atoms with Gasteiger partial charge in [-0.05, 0) is 50.4 Å². The zero-order chi connectivity index (χ0) is 15.0. The lowest BCUT2D eigenvalue weighted by Crippen LogP contribution is -2.17. The predicted molar refractivity (Wildman–Crippen MR) is 81.2 cm³/mol. The summed E-state index contributed by atoms with van der Waals surface area (Å²) in [5.41, 5.74) is 4.75. The largest absolute Gasteiger partial charge is 0.320 e. The van der Waals surface area contributed by atoms with Crippen molar-refractivity contribution in [1.29, 1.82) is 0 Å². The Hall–Kier alpha value is -1.87. The quantitative estimate of drug-likeness (QED) is 0.794. The molecule has 104 valence electrons. The van der Waals surface area contributed by atoms with E-state index in [1.807, 2.05) is 32.3 Å². The molecule has 0 aliphatic carbocycles. The van der Waals surface area contributed by atoms with Crippen molar-refractivity contribution < 1.29 is 4.79 Å². The second kappa shape index (κ2) is 5.25. The van der Waals surface area contributed by atoms with Crippen LogP contribution >= 0.6 is 11.6 Å². The molecule has 2 rings (SSSR count). The number of halogens is 1. The highest BCUT2D eigenvalue weighted by atomic mass is 35.5. The first-order chi connectivity index (χ1) is 9.31. The molecule has 0 aliphatic heterocycles. The lowest BCUT2D eigenvalue weighted by Gasteiger charge is -2.17. The van der Waals surface area contributed by atoms with E-state index in [0.29, 0.717) is 0 Å². The number of pyridine rings is 1. The van der Waals surface area contributed by atoms with Gasteiger partial charge < -0.3 is 4.57 Å². The van der Waals surface area contributed by atoms with E-state index in [2.05, 4.69) is 12.1 Å². The van der Waals surface area contributed by atoms with Crippen molar-refractivity contribution in [3.63, 3.8) is 0 Å². The zero-order valence-electron chi connectivity index (χ0n) is 12.0. The van der Waals surface area contributed by atoms with Crippen molar-refractivity contribution in [3.8, 4) is 5.69 Å². The van der Waals surface area contributed by atoms with Crippen molar-refractivity contribution in [2.45, 2.75) is 27.7 Å². The summed E-state index contributed by atoms with van der Waals surface area (Å²) in [6.45, 7) is 7.89. The summed E-state index contributed by atoms with van der Waals surface area (Å²) < 4.78 is 1.85. The van der Waals surface area contributed by atoms with Gasteiger partial charge in [0.2, 0.25) is 0 Å². The average Bonchev–Trinajstić information content (AvgIpc) is 2.29. The van der Waals surface area contributed by atoms with Crippen molar-refractivity contribution in [1.82, 2.24) is 4.57 Å². The smallest absolute Gasteiger partial charge is 0.257 e. The SMILES string of the molecule is Cc1cc(C)c(-n2cc(C(=O)Cl)c(=O)cc2C)c(C)c1. The van der Waals surface area contributed by atoms with Gasteiger partial charge in [-0.2, -0.15) is 0 Å². The lowest BCUT2D eigenvalue weighted by molar-refractivity contribution is 0.108. The molecule has 3 nitrogen and oxygen atoms in total. The Labute approximate surface area is 122 Å². The second-order valence-electron chi connectivity index (χ2n) is 5.08. The van der Waals surface area contributed by atoms with Crippen LogP contribution in [-0.2, 0) is 0 Å². The Morgan fingerprint density at radius 2 is 1.60 bits per heavy atom. The van der Waals surface area contributed by atoms with Gasteiger partial charge >= 0.3 is 0 Å². The fourth-order valence-corrected chi connectivity index (χ4v) is 2.71. The molecule has 0 aliphatic rings. The molecule has 0 unspecified atom stereocenters. The van der Waals surface area contributed by atoms with E-state index in [-0.39, 0.29) is 11.0 Å². The van der Waals surface area contributed by atoms with Gasteiger partial charge in [0, 0.05) is 18.0 Å². The van der Waals surface area contributed by atoms with E-state index >= 15 is 0 Å². The molecule has 0 spiro atoms. The molecule has 1 aromatic carbocycles. The topological polar surface area (TPSA) is 39.1 Å². The molecule has 0 saturated heterocycles. The Kier molecular flexibility index (Phi) is 3.82. The minimum absolute atomic E-state index is 0.00311. The molecule has 20 heavy (non-hydrogen) atoms. The first-order valence-electron chi connectivity index (χ1n) is 6.32. The number of rotatable bonds is 2. The summed E-state index contributed by atoms with van der Waals surface area (Å²) in [5.74, 6) is 0. The molecule has 2 aromatic rings. The maximum absolute atomic E-state index is 11.8. The predicted octanol–water partition coefficient (Wildman–Crippen LogP) is 3.45. The number of aromatic nitrogens is 1. The lowest BCUT2D eigenvalue weighted by atomic mass is 10.0. The normalized spacial score (nSPS) is 10.7. The zero-order valence-corrected chi connectivity index (χ0v) is 12.7. The number of hydrogen-bond donors (Lipinski definition) is 0. The van der Waals surface area contributed by atoms with Gasteiger partial charge in [0.25, 0.3) is 5.24 Å². The van der Waals surface area contributed by atoms with E-state index in [4.69, 9.17) is 11.6 Å². The van der Waals surface area contributed by atoms with Gasteiger partial charge in [-0.3, -0.25) is 9.59 Å². The number of aryl methyl sites for hydroxylation is 4. The number of hydrogen-bond acceptors (Lipinski definition) is 2. The number of nitrogens with zero attached hydrogens (tertiary/aromatic N) is 1. The fourth-order valence-electron chi connectivity index (χ4n) is 2.57. The van der Waals surface area contributed by atoms with E-state index < -0.39 is 5.24 Å². The molecule has 0 saturated carbocycles. The highest BCUT2D eigenvalue weighted by molar-refractivity contribution is 6.67. The standard InChI is InChI=1S/C16H16ClNO2/c1-9-5-10(2)15(11(3)6-9)18-8-13(16(17)20)14(19)7-12(18)4/h5-8H,1-4H3. The molecule has 0 N–H and O–H groups in total. The van der Waals surface area contributed by atoms with Crippen LogP contribution < -0.4 is 5.43 Å². The van der Waals surface area contributed by atoms with Gasteiger partial charge in [0.1, 0.15) is 0 Å². The van der Waals surface area contributed by atoms with E-state index in [0.717, 1.165) is 22.5 Å². The Bertz CT molecular complexity index is 737. The highest BCUT2D eigenvalue weighted by Crippen LogP contribution is 2.22. The van der Waals surface area contributed by atoms with Gasteiger partial charge in [-0.15, -0.1) is 0 Å². The van der Waals surface area contributed by atoms with Crippen molar-refractivity contribution in [3.05, 3.63) is 62.6 Å². The van der Waals surface area contributed by atoms with Crippen molar-refractivity contribution in [2.75, 3.05) is 0 Å². The van der Waals surface area contributed by atoms with Gasteiger partial charge in [0.15, 0.2) is 5.43 Å². The third-order valence-corrected chi connectivity index (χ3v) is 3.54. The van der Waals surface area contributed by atoms with Gasteiger partial charge in [-0.1, -0.05) is 17.7 Å². The minimum Gasteiger partial charge on any atom is -0.320 e. The molecular weight excluding hydrogens is 274 g/mol. The minimum atomic E-state index is -0.730. The van der Waals surface area contributed by atoms with Crippen LogP contribution in [0.5, 0.6) is 0 Å². The number of carbonyl (C=O) groups excluding carboxylic acids is 1. The van der Waals surface area contributed by atoms with Crippen molar-refractivity contribution in [2.24, 2.45) is 0 Å². The Morgan fingerprint density at radius 3 is 2.10 bits per heavy atom. The van der Waals surface area contributed by atoms with Crippen LogP contribution in [-0.4, -0.2) is 9.81 Å². The molecule has 1 aromatic heterocycles. The molecule has 0 amide bonds. The summed E-state index contributed by atoms with van der Waals surface area (Å²) in [7, 11) is 0. The molecule has 0 radical (unpaired) electrons. The van der Waals surface area contributed by atoms with Gasteiger partial charge in [0.05, 0.1) is 11.3 Å². The van der Waals surface area contributed by atoms with E-state index in [1.165, 1.54) is 17.8 Å². The maximum Gasteiger partial charge on any atom is 0.257 e. The summed E-state index contributed by atoms with van der Waals surface area (Å²) >= 11 is 5.47. The molecular formula is C16H16ClNO2. The first kappa shape index (κ1) is 14.5. The van der Waals surface area contributed by atoms with Crippen LogP contribution in [0.25, 0.3) is 5.69 Å². The molecule has 1 heterocycles. The third-order valence-electron chi connectivity index (χ3n) is 3.33. The van der Waals surface area contributed by atoms with Crippen LogP contribution in [0.1, 0.15) is 32.7 Å². The molecule has 0 bridgehead atoms. The first-order valence-corrected chi connectivity index (χ1v) is 6.70. The highest BCUT2D eigenvalue weighted by Gasteiger charge is 2.13. The number of carbonyl (C=O) groups is 1. The van der Waals surface area contributed by atoms with Crippen LogP contribution in [0.3, 0.4) is 0 Å². The molecule has 0 atom stereocenters. The van der Waals surface area contributed by atoms with Crippen LogP contribution in [0.15, 0.2) is 29.2 Å². The molecule has 4 heteroatoms. The Balaban J connectivity index is 2.80. The average molecular weight is 290 g/mol. The monoisotopic (exact) mass is 289 g/mol. The summed E-state index contributed by atoms with van der Waals surface area (Å²) in [5, 5.41) is -0.730. The summed E-state index contributed by atoms with van der Waals surface area (Å²) in [4.78, 5) is 23.1. The summed E-state index contributed by atoms with van der Waals surface area (Å²) in [6, 6.07) is 5.58. The van der Waals surface area contributed by atoms with Crippen LogP contribution in [0.4, 0.5) is 0 Å².